The summed E-state index contributed by atoms with van der Waals surface area (Å²) in [6.07, 6.45) is 7.78. The molecule has 18 heavy (non-hydrogen) atoms. The summed E-state index contributed by atoms with van der Waals surface area (Å²) >= 11 is 0. The molecule has 4 heteroatoms. The lowest BCUT2D eigenvalue weighted by Crippen LogP contribution is -2.04. The van der Waals surface area contributed by atoms with Crippen molar-refractivity contribution in [3.8, 4) is 0 Å². The molecule has 3 N–H and O–H groups in total. The first-order chi connectivity index (χ1) is 8.56. The van der Waals surface area contributed by atoms with Crippen molar-refractivity contribution in [2.45, 2.75) is 20.3 Å². The third kappa shape index (κ3) is 2.77. The summed E-state index contributed by atoms with van der Waals surface area (Å²) in [6, 6.07) is 2.11. The Balaban J connectivity index is 2.40. The summed E-state index contributed by atoms with van der Waals surface area (Å²) in [5, 5.41) is 1.02. The molecule has 0 fully saturated rings. The van der Waals surface area contributed by atoms with E-state index in [2.05, 4.69) is 29.9 Å². The Morgan fingerprint density at radius 1 is 1.56 bits per heavy atom. The number of nitrogens with two attached hydrogens (primary N) is 1. The van der Waals surface area contributed by atoms with E-state index in [0.717, 1.165) is 23.0 Å². The van der Waals surface area contributed by atoms with E-state index in [9.17, 15) is 4.79 Å². The van der Waals surface area contributed by atoms with Crippen LogP contribution in [0.25, 0.3) is 17.1 Å². The molecule has 0 atom stereocenters. The molecule has 0 radical (unpaired) electrons. The number of fused-ring (bicyclic) bond motifs is 1. The highest BCUT2D eigenvalue weighted by Gasteiger charge is 2.05. The van der Waals surface area contributed by atoms with Gasteiger partial charge in [0.1, 0.15) is 5.65 Å². The molecule has 0 aliphatic rings. The van der Waals surface area contributed by atoms with Crippen molar-refractivity contribution in [2.75, 3.05) is 0 Å². The van der Waals surface area contributed by atoms with Crippen LogP contribution in [0.5, 0.6) is 0 Å². The minimum atomic E-state index is -0.448. The predicted molar refractivity (Wildman–Crippen MR) is 72.9 cm³/mol. The molecule has 0 aliphatic heterocycles. The summed E-state index contributed by atoms with van der Waals surface area (Å²) in [6.45, 7) is 4.35. The van der Waals surface area contributed by atoms with Crippen LogP contribution in [0.4, 0.5) is 0 Å². The maximum Gasteiger partial charge on any atom is 0.241 e. The highest BCUT2D eigenvalue weighted by molar-refractivity contribution is 5.94. The van der Waals surface area contributed by atoms with Crippen molar-refractivity contribution >= 4 is 23.0 Å². The van der Waals surface area contributed by atoms with Crippen LogP contribution in [0.15, 0.2) is 24.5 Å². The first kappa shape index (κ1) is 12.4. The number of carbonyl (C=O) groups is 1. The quantitative estimate of drug-likeness (QED) is 0.808. The molecule has 2 heterocycles. The first-order valence-corrected chi connectivity index (χ1v) is 6.00. The van der Waals surface area contributed by atoms with Gasteiger partial charge in [0, 0.05) is 29.4 Å². The highest BCUT2D eigenvalue weighted by Crippen LogP contribution is 2.20. The molecule has 1 amide bonds. The van der Waals surface area contributed by atoms with E-state index in [1.54, 1.807) is 6.08 Å². The molecule has 2 aromatic rings. The van der Waals surface area contributed by atoms with Gasteiger partial charge in [0.25, 0.3) is 0 Å². The van der Waals surface area contributed by atoms with Crippen molar-refractivity contribution < 1.29 is 4.79 Å². The largest absolute Gasteiger partial charge is 0.366 e. The van der Waals surface area contributed by atoms with Gasteiger partial charge in [0.15, 0.2) is 0 Å². The number of H-pyrrole nitrogens is 1. The average Bonchev–Trinajstić information content (AvgIpc) is 2.68. The molecule has 0 bridgehead atoms. The molecule has 0 unspecified atom stereocenters. The SMILES string of the molecule is CC(C)Cc1cnc2[nH]cc(/C=C/C(N)=O)c2c1. The number of amides is 1. The summed E-state index contributed by atoms with van der Waals surface area (Å²) in [4.78, 5) is 18.2. The van der Waals surface area contributed by atoms with Crippen LogP contribution in [0, 0.1) is 5.92 Å². The number of nitrogens with one attached hydrogen (secondary N) is 1. The van der Waals surface area contributed by atoms with E-state index >= 15 is 0 Å². The van der Waals surface area contributed by atoms with Gasteiger partial charge in [-0.2, -0.15) is 0 Å². The van der Waals surface area contributed by atoms with Crippen LogP contribution < -0.4 is 5.73 Å². The molecule has 2 rings (SSSR count). The molecule has 0 aliphatic carbocycles. The maximum atomic E-state index is 10.8. The fourth-order valence-corrected chi connectivity index (χ4v) is 1.96. The lowest BCUT2D eigenvalue weighted by Gasteiger charge is -2.04. The second-order valence-electron chi connectivity index (χ2n) is 4.82. The zero-order valence-corrected chi connectivity index (χ0v) is 10.6. The fraction of sp³-hybridized carbons (Fsp3) is 0.286. The van der Waals surface area contributed by atoms with Crippen LogP contribution in [0.3, 0.4) is 0 Å². The lowest BCUT2D eigenvalue weighted by atomic mass is 10.0. The Labute approximate surface area is 106 Å². The predicted octanol–water partition coefficient (Wildman–Crippen LogP) is 2.26. The molecule has 94 valence electrons. The zero-order valence-electron chi connectivity index (χ0n) is 10.6. The fourth-order valence-electron chi connectivity index (χ4n) is 1.96. The van der Waals surface area contributed by atoms with Gasteiger partial charge in [-0.3, -0.25) is 4.79 Å². The van der Waals surface area contributed by atoms with Gasteiger partial charge in [0.05, 0.1) is 0 Å². The van der Waals surface area contributed by atoms with Crippen molar-refractivity contribution in [1.29, 1.82) is 0 Å². The smallest absolute Gasteiger partial charge is 0.241 e. The second-order valence-corrected chi connectivity index (χ2v) is 4.82. The first-order valence-electron chi connectivity index (χ1n) is 6.00. The summed E-state index contributed by atoms with van der Waals surface area (Å²) < 4.78 is 0. The van der Waals surface area contributed by atoms with Gasteiger partial charge >= 0.3 is 0 Å². The Hall–Kier alpha value is -2.10. The Morgan fingerprint density at radius 3 is 3.00 bits per heavy atom. The number of hydrogen-bond acceptors (Lipinski definition) is 2. The average molecular weight is 243 g/mol. The number of aromatic amines is 1. The minimum absolute atomic E-state index is 0.448. The Kier molecular flexibility index (Phi) is 3.46. The molecule has 0 saturated heterocycles. The second kappa shape index (κ2) is 5.04. The van der Waals surface area contributed by atoms with Crippen molar-refractivity contribution in [1.82, 2.24) is 9.97 Å². The zero-order chi connectivity index (χ0) is 13.1. The van der Waals surface area contributed by atoms with E-state index in [0.29, 0.717) is 5.92 Å². The molecular weight excluding hydrogens is 226 g/mol. The van der Waals surface area contributed by atoms with E-state index in [4.69, 9.17) is 5.73 Å². The maximum absolute atomic E-state index is 10.8. The topological polar surface area (TPSA) is 71.8 Å². The summed E-state index contributed by atoms with van der Waals surface area (Å²) in [5.74, 6) is 0.142. The van der Waals surface area contributed by atoms with Crippen LogP contribution >= 0.6 is 0 Å². The molecule has 0 spiro atoms. The van der Waals surface area contributed by atoms with Crippen LogP contribution in [0.2, 0.25) is 0 Å². The molecule has 4 nitrogen and oxygen atoms in total. The normalized spacial score (nSPS) is 11.7. The van der Waals surface area contributed by atoms with Gasteiger partial charge in [0.2, 0.25) is 5.91 Å². The number of nitrogens with zero attached hydrogens (tertiary/aromatic N) is 1. The Morgan fingerprint density at radius 2 is 2.33 bits per heavy atom. The molecule has 2 aromatic heterocycles. The van der Waals surface area contributed by atoms with E-state index < -0.39 is 5.91 Å². The van der Waals surface area contributed by atoms with Crippen molar-refractivity contribution in [3.63, 3.8) is 0 Å². The van der Waals surface area contributed by atoms with Gasteiger partial charge in [-0.15, -0.1) is 0 Å². The van der Waals surface area contributed by atoms with Gasteiger partial charge in [-0.1, -0.05) is 13.8 Å². The number of carbonyl (C=O) groups excluding carboxylic acids is 1. The number of rotatable bonds is 4. The number of pyridine rings is 1. The lowest BCUT2D eigenvalue weighted by molar-refractivity contribution is -0.113. The molecular formula is C14H17N3O. The molecule has 0 aromatic carbocycles. The van der Waals surface area contributed by atoms with E-state index in [1.807, 2.05) is 12.4 Å². The van der Waals surface area contributed by atoms with Gasteiger partial charge < -0.3 is 10.7 Å². The highest BCUT2D eigenvalue weighted by atomic mass is 16.1. The third-order valence-corrected chi connectivity index (χ3v) is 2.69. The standard InChI is InChI=1S/C14H17N3O/c1-9(2)5-10-6-12-11(3-4-13(15)18)8-17-14(12)16-7-10/h3-4,6-9H,5H2,1-2H3,(H2,15,18)(H,16,17)/b4-3+. The summed E-state index contributed by atoms with van der Waals surface area (Å²) in [5.41, 5.74) is 8.06. The van der Waals surface area contributed by atoms with Crippen LogP contribution in [-0.2, 0) is 11.2 Å². The van der Waals surface area contributed by atoms with E-state index in [1.165, 1.54) is 11.6 Å². The summed E-state index contributed by atoms with van der Waals surface area (Å²) in [7, 11) is 0. The number of aromatic nitrogens is 2. The minimum Gasteiger partial charge on any atom is -0.366 e. The number of primary amides is 1. The van der Waals surface area contributed by atoms with Gasteiger partial charge in [-0.25, -0.2) is 4.98 Å². The van der Waals surface area contributed by atoms with Crippen LogP contribution in [0.1, 0.15) is 25.0 Å². The van der Waals surface area contributed by atoms with Crippen molar-refractivity contribution in [2.24, 2.45) is 11.7 Å². The van der Waals surface area contributed by atoms with Crippen LogP contribution in [-0.4, -0.2) is 15.9 Å². The molecule has 0 saturated carbocycles. The van der Waals surface area contributed by atoms with E-state index in [-0.39, 0.29) is 0 Å². The number of hydrogen-bond donors (Lipinski definition) is 2. The Bertz CT molecular complexity index is 596. The van der Waals surface area contributed by atoms with Gasteiger partial charge in [-0.05, 0) is 30.0 Å². The third-order valence-electron chi connectivity index (χ3n) is 2.69. The monoisotopic (exact) mass is 243 g/mol. The van der Waals surface area contributed by atoms with Crippen molar-refractivity contribution in [3.05, 3.63) is 35.7 Å².